The summed E-state index contributed by atoms with van der Waals surface area (Å²) in [4.78, 5) is 7.41. The van der Waals surface area contributed by atoms with Crippen LogP contribution < -0.4 is 11.1 Å². The fourth-order valence-corrected chi connectivity index (χ4v) is 3.89. The van der Waals surface area contributed by atoms with Gasteiger partial charge in [0.05, 0.1) is 10.8 Å². The third-order valence-corrected chi connectivity index (χ3v) is 5.48. The lowest BCUT2D eigenvalue weighted by Gasteiger charge is -2.12. The Bertz CT molecular complexity index is 2130. The SMILES string of the molecule is Cc1c(F)c2c(F)c(F)c3c(F)c4nc(=C(C#N)C#N)oc4c(F)c3c2c2nc(=C(C#N)C#N)oc12. The van der Waals surface area contributed by atoms with Crippen LogP contribution in [0.3, 0.4) is 0 Å². The number of hydrogen-bond acceptors (Lipinski definition) is 8. The Morgan fingerprint density at radius 2 is 1.06 bits per heavy atom. The summed E-state index contributed by atoms with van der Waals surface area (Å²) >= 11 is 0. The van der Waals surface area contributed by atoms with Gasteiger partial charge in [-0.2, -0.15) is 21.0 Å². The first kappa shape index (κ1) is 22.3. The molecule has 8 nitrogen and oxygen atoms in total. The normalized spacial score (nSPS) is 10.9. The first-order valence-electron chi connectivity index (χ1n) is 9.55. The zero-order chi connectivity index (χ0) is 26.0. The van der Waals surface area contributed by atoms with Crippen molar-refractivity contribution in [2.24, 2.45) is 0 Å². The molecule has 2 heterocycles. The topological polar surface area (TPSA) is 147 Å². The maximum atomic E-state index is 15.8. The average Bonchev–Trinajstić information content (AvgIpc) is 3.50. The van der Waals surface area contributed by atoms with Gasteiger partial charge in [0.2, 0.25) is 11.1 Å². The van der Waals surface area contributed by atoms with E-state index in [0.717, 1.165) is 6.92 Å². The molecule has 0 unspecified atom stereocenters. The number of fused-ring (bicyclic) bond motifs is 6. The lowest BCUT2D eigenvalue weighted by Crippen LogP contribution is -2.04. The smallest absolute Gasteiger partial charge is 0.249 e. The van der Waals surface area contributed by atoms with Gasteiger partial charge in [-0.1, -0.05) is 0 Å². The van der Waals surface area contributed by atoms with Gasteiger partial charge in [0.1, 0.15) is 41.1 Å². The van der Waals surface area contributed by atoms with Crippen LogP contribution in [0.2, 0.25) is 0 Å². The van der Waals surface area contributed by atoms with Gasteiger partial charge in [0.25, 0.3) is 0 Å². The molecule has 36 heavy (non-hydrogen) atoms. The lowest BCUT2D eigenvalue weighted by molar-refractivity contribution is 0.511. The van der Waals surface area contributed by atoms with E-state index >= 15 is 22.0 Å². The van der Waals surface area contributed by atoms with Crippen molar-refractivity contribution >= 4 is 54.9 Å². The summed E-state index contributed by atoms with van der Waals surface area (Å²) in [5, 5.41) is 32.1. The largest absolute Gasteiger partial charge is 0.434 e. The predicted molar refractivity (Wildman–Crippen MR) is 110 cm³/mol. The van der Waals surface area contributed by atoms with Crippen molar-refractivity contribution in [1.82, 2.24) is 9.97 Å². The molecule has 5 rings (SSSR count). The Morgan fingerprint density at radius 1 is 0.583 bits per heavy atom. The molecular weight excluding hydrogens is 487 g/mol. The Labute approximate surface area is 194 Å². The van der Waals surface area contributed by atoms with Crippen molar-refractivity contribution in [3.8, 4) is 24.3 Å². The monoisotopic (exact) mass is 490 g/mol. The Morgan fingerprint density at radius 3 is 1.58 bits per heavy atom. The van der Waals surface area contributed by atoms with Crippen LogP contribution in [0.15, 0.2) is 8.83 Å². The molecule has 0 bridgehead atoms. The number of rotatable bonds is 0. The van der Waals surface area contributed by atoms with E-state index in [0.29, 0.717) is 0 Å². The summed E-state index contributed by atoms with van der Waals surface area (Å²) in [6, 6.07) is 5.82. The number of nitriles is 4. The van der Waals surface area contributed by atoms with Crippen molar-refractivity contribution in [3.63, 3.8) is 0 Å². The summed E-state index contributed by atoms with van der Waals surface area (Å²) < 4.78 is 87.0. The van der Waals surface area contributed by atoms with Gasteiger partial charge < -0.3 is 8.83 Å². The van der Waals surface area contributed by atoms with E-state index < -0.39 is 101 Å². The van der Waals surface area contributed by atoms with Crippen LogP contribution in [0, 0.1) is 81.3 Å². The van der Waals surface area contributed by atoms with Crippen molar-refractivity contribution in [2.45, 2.75) is 6.92 Å². The van der Waals surface area contributed by atoms with Crippen molar-refractivity contribution in [3.05, 3.63) is 45.7 Å². The molecule has 0 aliphatic heterocycles. The van der Waals surface area contributed by atoms with Crippen LogP contribution in [-0.2, 0) is 0 Å². The van der Waals surface area contributed by atoms with E-state index in [1.165, 1.54) is 24.3 Å². The molecule has 0 amide bonds. The first-order chi connectivity index (χ1) is 17.2. The first-order valence-corrected chi connectivity index (χ1v) is 9.55. The van der Waals surface area contributed by atoms with E-state index in [1.807, 2.05) is 0 Å². The van der Waals surface area contributed by atoms with Gasteiger partial charge in [-0.3, -0.25) is 0 Å². The van der Waals surface area contributed by atoms with Crippen LogP contribution in [0.25, 0.3) is 54.9 Å². The molecule has 0 radical (unpaired) electrons. The number of halogens is 5. The molecule has 13 heteroatoms. The number of benzene rings is 3. The number of aryl methyl sites for hydroxylation is 1. The fourth-order valence-electron chi connectivity index (χ4n) is 3.89. The summed E-state index contributed by atoms with van der Waals surface area (Å²) in [7, 11) is 0. The minimum absolute atomic E-state index is 0.407. The fraction of sp³-hybridized carbons (Fsp3) is 0.0435. The van der Waals surface area contributed by atoms with Gasteiger partial charge >= 0.3 is 0 Å². The van der Waals surface area contributed by atoms with Gasteiger partial charge in [0.15, 0.2) is 45.6 Å². The van der Waals surface area contributed by atoms with Crippen LogP contribution in [-0.4, -0.2) is 9.97 Å². The minimum atomic E-state index is -1.95. The lowest BCUT2D eigenvalue weighted by atomic mass is 9.96. The molecule has 0 aliphatic rings. The number of nitrogens with zero attached hydrogens (tertiary/aromatic N) is 6. The van der Waals surface area contributed by atoms with E-state index in [1.54, 1.807) is 0 Å². The second-order valence-corrected chi connectivity index (χ2v) is 7.29. The van der Waals surface area contributed by atoms with E-state index in [-0.39, 0.29) is 0 Å². The van der Waals surface area contributed by atoms with Crippen LogP contribution >= 0.6 is 0 Å². The third kappa shape index (κ3) is 2.62. The maximum Gasteiger partial charge on any atom is 0.249 e. The van der Waals surface area contributed by atoms with Gasteiger partial charge in [0, 0.05) is 16.3 Å². The predicted octanol–water partition coefficient (Wildman–Crippen LogP) is 3.68. The molecule has 172 valence electrons. The summed E-state index contributed by atoms with van der Waals surface area (Å²) in [5.41, 5.74) is -6.08. The van der Waals surface area contributed by atoms with Gasteiger partial charge in [-0.15, -0.1) is 0 Å². The van der Waals surface area contributed by atoms with Crippen LogP contribution in [0.4, 0.5) is 22.0 Å². The number of oxazole rings is 2. The third-order valence-electron chi connectivity index (χ3n) is 5.48. The molecule has 0 spiro atoms. The zero-order valence-corrected chi connectivity index (χ0v) is 17.4. The zero-order valence-electron chi connectivity index (χ0n) is 17.4. The average molecular weight is 490 g/mol. The molecule has 0 saturated heterocycles. The Kier molecular flexibility index (Phi) is 4.63. The Hall–Kier alpha value is -5.53. The maximum absolute atomic E-state index is 15.8. The van der Waals surface area contributed by atoms with E-state index in [9.17, 15) is 0 Å². The molecule has 0 N–H and O–H groups in total. The summed E-state index contributed by atoms with van der Waals surface area (Å²) in [6.45, 7) is 1.11. The molecule has 5 aromatic rings. The highest BCUT2D eigenvalue weighted by Crippen LogP contribution is 2.42. The highest BCUT2D eigenvalue weighted by atomic mass is 19.2. The van der Waals surface area contributed by atoms with E-state index in [2.05, 4.69) is 9.97 Å². The standard InChI is InChI=1S/C23H3F5N6O2/c1-6-13(24)12-10(18-20(6)35-22(33-18)7(2-29)3-30)9-11(14(25)15(12)26)16(27)19-21(17(9)28)36-23(34-19)8(4-31)5-32/h1H3. The molecule has 0 saturated carbocycles. The molecule has 2 aromatic heterocycles. The number of hydrogen-bond donors (Lipinski definition) is 0. The highest BCUT2D eigenvalue weighted by Gasteiger charge is 2.31. The Balaban J connectivity index is 2.21. The quantitative estimate of drug-likeness (QED) is 0.236. The van der Waals surface area contributed by atoms with Crippen molar-refractivity contribution < 1.29 is 30.8 Å². The molecular formula is C23H3F5N6O2. The van der Waals surface area contributed by atoms with E-state index in [4.69, 9.17) is 29.9 Å². The van der Waals surface area contributed by atoms with Crippen LogP contribution in [0.1, 0.15) is 5.56 Å². The minimum Gasteiger partial charge on any atom is -0.434 e. The molecule has 0 fully saturated rings. The molecule has 0 aliphatic carbocycles. The molecule has 0 atom stereocenters. The van der Waals surface area contributed by atoms with Crippen LogP contribution in [0.5, 0.6) is 0 Å². The second kappa shape index (κ2) is 7.49. The van der Waals surface area contributed by atoms with Gasteiger partial charge in [-0.25, -0.2) is 31.9 Å². The van der Waals surface area contributed by atoms with Crippen molar-refractivity contribution in [1.29, 1.82) is 21.0 Å². The number of aromatic nitrogens is 2. The summed E-state index contributed by atoms with van der Waals surface area (Å²) in [5.74, 6) is -8.37. The van der Waals surface area contributed by atoms with Crippen molar-refractivity contribution in [2.75, 3.05) is 0 Å². The second-order valence-electron chi connectivity index (χ2n) is 7.29. The molecule has 3 aromatic carbocycles. The summed E-state index contributed by atoms with van der Waals surface area (Å²) in [6.07, 6.45) is 0. The highest BCUT2D eigenvalue weighted by molar-refractivity contribution is 6.21. The van der Waals surface area contributed by atoms with Gasteiger partial charge in [-0.05, 0) is 6.92 Å².